The summed E-state index contributed by atoms with van der Waals surface area (Å²) in [6, 6.07) is 0. The number of carbonyl (C=O) groups is 1. The van der Waals surface area contributed by atoms with Gasteiger partial charge in [-0.05, 0) is 20.8 Å². The summed E-state index contributed by atoms with van der Waals surface area (Å²) >= 11 is 2.91. The summed E-state index contributed by atoms with van der Waals surface area (Å²) in [6.45, 7) is 5.99. The molecular weight excluding hydrogens is 320 g/mol. The maximum absolute atomic E-state index is 12.4. The molecule has 1 aliphatic rings. The Labute approximate surface area is 136 Å². The second-order valence-corrected chi connectivity index (χ2v) is 7.49. The number of carbonyl (C=O) groups excluding carboxylic acids is 1. The normalized spacial score (nSPS) is 17.1. The second-order valence-electron chi connectivity index (χ2n) is 5.30. The molecule has 1 aliphatic heterocycles. The number of fused-ring (bicyclic) bond motifs is 1. The zero-order chi connectivity index (χ0) is 15.9. The fourth-order valence-corrected chi connectivity index (χ4v) is 4.06. The van der Waals surface area contributed by atoms with Crippen molar-refractivity contribution in [2.75, 3.05) is 11.1 Å². The topological polar surface area (TPSA) is 76.9 Å². The molecule has 0 saturated heterocycles. The van der Waals surface area contributed by atoms with Crippen LogP contribution in [0.25, 0.3) is 0 Å². The van der Waals surface area contributed by atoms with Crippen LogP contribution in [0.2, 0.25) is 0 Å². The lowest BCUT2D eigenvalue weighted by atomic mass is 10.1. The quantitative estimate of drug-likeness (QED) is 0.849. The highest BCUT2D eigenvalue weighted by Crippen LogP contribution is 2.27. The molecule has 0 saturated carbocycles. The van der Waals surface area contributed by atoms with E-state index >= 15 is 0 Å². The highest BCUT2D eigenvalue weighted by atomic mass is 32.2. The van der Waals surface area contributed by atoms with Crippen molar-refractivity contribution in [1.29, 1.82) is 0 Å². The number of nitrogens with one attached hydrogen (secondary N) is 1. The minimum Gasteiger partial charge on any atom is -0.302 e. The molecule has 116 valence electrons. The molecule has 0 aliphatic carbocycles. The number of hydrogen-bond acceptors (Lipinski definition) is 6. The van der Waals surface area contributed by atoms with Gasteiger partial charge in [0.1, 0.15) is 0 Å². The number of aryl methyl sites for hydroxylation is 3. The van der Waals surface area contributed by atoms with E-state index in [1.165, 1.54) is 23.1 Å². The van der Waals surface area contributed by atoms with E-state index in [0.29, 0.717) is 28.1 Å². The molecule has 1 N–H and O–H groups in total. The third-order valence-corrected chi connectivity index (χ3v) is 5.77. The molecule has 1 unspecified atom stereocenters. The van der Waals surface area contributed by atoms with Crippen LogP contribution < -0.4 is 10.9 Å². The number of hydrogen-bond donors (Lipinski definition) is 1. The molecule has 0 spiro atoms. The molecule has 8 heteroatoms. The first kappa shape index (κ1) is 15.2. The number of amides is 1. The summed E-state index contributed by atoms with van der Waals surface area (Å²) in [4.78, 5) is 34.2. The molecule has 3 heterocycles. The van der Waals surface area contributed by atoms with Gasteiger partial charge in [-0.1, -0.05) is 11.8 Å². The molecule has 0 radical (unpaired) electrons. The van der Waals surface area contributed by atoms with Crippen LogP contribution in [0.4, 0.5) is 5.13 Å². The van der Waals surface area contributed by atoms with Crippen LogP contribution in [0.1, 0.15) is 16.1 Å². The molecule has 22 heavy (non-hydrogen) atoms. The van der Waals surface area contributed by atoms with Crippen molar-refractivity contribution in [1.82, 2.24) is 14.5 Å². The van der Waals surface area contributed by atoms with Crippen molar-refractivity contribution in [3.8, 4) is 0 Å². The first-order valence-electron chi connectivity index (χ1n) is 6.90. The summed E-state index contributed by atoms with van der Waals surface area (Å²) in [5.41, 5.74) is 1.45. The van der Waals surface area contributed by atoms with E-state index in [9.17, 15) is 9.59 Å². The summed E-state index contributed by atoms with van der Waals surface area (Å²) in [6.07, 6.45) is 1.59. The standard InChI is InChI=1S/C14H16N4O2S2/c1-7-4-15-14-18(12(7)20)5-10(6-21-14)11(19)17-13-16-8(2)9(3)22-13/h4,10H,5-6H2,1-3H3,(H,16,17,19). The highest BCUT2D eigenvalue weighted by Gasteiger charge is 2.27. The maximum Gasteiger partial charge on any atom is 0.257 e. The predicted molar refractivity (Wildman–Crippen MR) is 87.7 cm³/mol. The number of aromatic nitrogens is 3. The van der Waals surface area contributed by atoms with E-state index in [0.717, 1.165) is 10.6 Å². The molecule has 0 aromatic carbocycles. The van der Waals surface area contributed by atoms with Crippen molar-refractivity contribution in [3.05, 3.63) is 32.7 Å². The average Bonchev–Trinajstić information content (AvgIpc) is 2.81. The molecule has 2 aromatic rings. The Kier molecular flexibility index (Phi) is 4.05. The van der Waals surface area contributed by atoms with Crippen molar-refractivity contribution in [2.24, 2.45) is 5.92 Å². The largest absolute Gasteiger partial charge is 0.302 e. The van der Waals surface area contributed by atoms with E-state index in [1.807, 2.05) is 13.8 Å². The molecule has 3 rings (SSSR count). The molecule has 1 amide bonds. The number of rotatable bonds is 2. The molecular formula is C14H16N4O2S2. The smallest absolute Gasteiger partial charge is 0.257 e. The minimum absolute atomic E-state index is 0.0732. The van der Waals surface area contributed by atoms with Gasteiger partial charge < -0.3 is 5.32 Å². The van der Waals surface area contributed by atoms with Crippen LogP contribution in [0.3, 0.4) is 0 Å². The number of anilines is 1. The van der Waals surface area contributed by atoms with Gasteiger partial charge in [-0.25, -0.2) is 9.97 Å². The van der Waals surface area contributed by atoms with Crippen LogP contribution in [-0.2, 0) is 11.3 Å². The Balaban J connectivity index is 1.78. The fourth-order valence-electron chi connectivity index (χ4n) is 2.19. The lowest BCUT2D eigenvalue weighted by molar-refractivity contribution is -0.119. The van der Waals surface area contributed by atoms with Gasteiger partial charge in [0.05, 0.1) is 11.6 Å². The van der Waals surface area contributed by atoms with Crippen LogP contribution >= 0.6 is 23.1 Å². The minimum atomic E-state index is -0.261. The lowest BCUT2D eigenvalue weighted by Gasteiger charge is -2.23. The number of thioether (sulfide) groups is 1. The van der Waals surface area contributed by atoms with Gasteiger partial charge in [0.2, 0.25) is 5.91 Å². The van der Waals surface area contributed by atoms with Gasteiger partial charge in [0.15, 0.2) is 10.3 Å². The Morgan fingerprint density at radius 3 is 2.86 bits per heavy atom. The predicted octanol–water partition coefficient (Wildman–Crippen LogP) is 1.99. The number of nitrogens with zero attached hydrogens (tertiary/aromatic N) is 3. The van der Waals surface area contributed by atoms with Crippen molar-refractivity contribution >= 4 is 34.1 Å². The molecule has 0 bridgehead atoms. The van der Waals surface area contributed by atoms with E-state index in [2.05, 4.69) is 15.3 Å². The van der Waals surface area contributed by atoms with Crippen molar-refractivity contribution in [2.45, 2.75) is 32.5 Å². The maximum atomic E-state index is 12.4. The van der Waals surface area contributed by atoms with Crippen LogP contribution in [0, 0.1) is 26.7 Å². The van der Waals surface area contributed by atoms with Crippen LogP contribution in [-0.4, -0.2) is 26.2 Å². The van der Waals surface area contributed by atoms with E-state index in [4.69, 9.17) is 0 Å². The van der Waals surface area contributed by atoms with Gasteiger partial charge in [0, 0.05) is 28.9 Å². The molecule has 2 aromatic heterocycles. The van der Waals surface area contributed by atoms with E-state index in [1.54, 1.807) is 17.7 Å². The second kappa shape index (κ2) is 5.85. The van der Waals surface area contributed by atoms with Gasteiger partial charge in [0.25, 0.3) is 5.56 Å². The summed E-state index contributed by atoms with van der Waals surface area (Å²) in [5.74, 6) is 0.258. The molecule has 6 nitrogen and oxygen atoms in total. The molecule has 0 fully saturated rings. The van der Waals surface area contributed by atoms with Crippen LogP contribution in [0.5, 0.6) is 0 Å². The highest BCUT2D eigenvalue weighted by molar-refractivity contribution is 7.99. The van der Waals surface area contributed by atoms with Gasteiger partial charge in [-0.15, -0.1) is 11.3 Å². The Morgan fingerprint density at radius 1 is 1.41 bits per heavy atom. The van der Waals surface area contributed by atoms with E-state index < -0.39 is 0 Å². The Bertz CT molecular complexity index is 777. The summed E-state index contributed by atoms with van der Waals surface area (Å²) in [5, 5.41) is 4.15. The fraction of sp³-hybridized carbons (Fsp3) is 0.429. The Morgan fingerprint density at radius 2 is 2.18 bits per heavy atom. The Hall–Kier alpha value is -1.67. The summed E-state index contributed by atoms with van der Waals surface area (Å²) in [7, 11) is 0. The number of thiazole rings is 1. The SMILES string of the molecule is Cc1nc(NC(=O)C2CSc3ncc(C)c(=O)n3C2)sc1C. The zero-order valence-electron chi connectivity index (χ0n) is 12.5. The lowest BCUT2D eigenvalue weighted by Crippen LogP contribution is -2.37. The molecule has 1 atom stereocenters. The summed E-state index contributed by atoms with van der Waals surface area (Å²) < 4.78 is 1.59. The first-order valence-corrected chi connectivity index (χ1v) is 8.70. The van der Waals surface area contributed by atoms with Crippen LogP contribution in [0.15, 0.2) is 16.1 Å². The third kappa shape index (κ3) is 2.80. The monoisotopic (exact) mass is 336 g/mol. The van der Waals surface area contributed by atoms with Gasteiger partial charge in [-0.2, -0.15) is 0 Å². The van der Waals surface area contributed by atoms with Gasteiger partial charge >= 0.3 is 0 Å². The first-order chi connectivity index (χ1) is 10.5. The average molecular weight is 336 g/mol. The van der Waals surface area contributed by atoms with Crippen molar-refractivity contribution < 1.29 is 4.79 Å². The van der Waals surface area contributed by atoms with E-state index in [-0.39, 0.29) is 17.4 Å². The third-order valence-electron chi connectivity index (χ3n) is 3.63. The van der Waals surface area contributed by atoms with Crippen molar-refractivity contribution in [3.63, 3.8) is 0 Å². The zero-order valence-corrected chi connectivity index (χ0v) is 14.2. The van der Waals surface area contributed by atoms with Gasteiger partial charge in [-0.3, -0.25) is 14.2 Å².